The number of carbonyl (C=O) groups is 2. The molecule has 1 fully saturated rings. The highest BCUT2D eigenvalue weighted by Crippen LogP contribution is 2.38. The summed E-state index contributed by atoms with van der Waals surface area (Å²) >= 11 is 0. The normalized spacial score (nSPS) is 24.2. The number of alkyl carbamates (subject to hydrolysis) is 1. The summed E-state index contributed by atoms with van der Waals surface area (Å²) in [7, 11) is 0. The average Bonchev–Trinajstić information content (AvgIpc) is 2.54. The predicted molar refractivity (Wildman–Crippen MR) is 86.9 cm³/mol. The zero-order valence-corrected chi connectivity index (χ0v) is 13.7. The van der Waals surface area contributed by atoms with Crippen LogP contribution in [0.1, 0.15) is 45.1 Å². The molecule has 2 unspecified atom stereocenters. The lowest BCUT2D eigenvalue weighted by molar-refractivity contribution is -0.150. The molecule has 0 spiro atoms. The van der Waals surface area contributed by atoms with Crippen molar-refractivity contribution < 1.29 is 19.4 Å². The van der Waals surface area contributed by atoms with Crippen molar-refractivity contribution in [1.29, 1.82) is 0 Å². The third-order valence-electron chi connectivity index (χ3n) is 4.69. The fraction of sp³-hybridized carbons (Fsp3) is 0.556. The van der Waals surface area contributed by atoms with Gasteiger partial charge < -0.3 is 15.2 Å². The second-order valence-corrected chi connectivity index (χ2v) is 6.56. The lowest BCUT2D eigenvalue weighted by atomic mass is 9.68. The Kier molecular flexibility index (Phi) is 5.64. The molecular weight excluding hydrogens is 294 g/mol. The van der Waals surface area contributed by atoms with Crippen LogP contribution in [0.2, 0.25) is 0 Å². The molecule has 0 bridgehead atoms. The van der Waals surface area contributed by atoms with Gasteiger partial charge in [-0.05, 0) is 30.2 Å². The van der Waals surface area contributed by atoms with Gasteiger partial charge >= 0.3 is 12.1 Å². The number of aliphatic carboxylic acids is 1. The molecule has 0 aromatic heterocycles. The maximum absolute atomic E-state index is 12.2. The minimum Gasteiger partial charge on any atom is -0.479 e. The number of benzene rings is 1. The standard InChI is InChI=1S/C18H25NO4/c1-13(2)15-10-6-7-11-18(15,16(20)21)19-17(22)23-12-14-8-4-3-5-9-14/h3-5,8-9,13,15H,6-7,10-12H2,1-2H3,(H,19,22)(H,20,21). The molecule has 1 aromatic rings. The van der Waals surface area contributed by atoms with Crippen molar-refractivity contribution in [3.8, 4) is 0 Å². The molecule has 0 heterocycles. The van der Waals surface area contributed by atoms with Crippen LogP contribution < -0.4 is 5.32 Å². The van der Waals surface area contributed by atoms with Crippen LogP contribution in [-0.2, 0) is 16.1 Å². The number of carboxylic acids is 1. The number of amides is 1. The Bertz CT molecular complexity index is 543. The molecule has 2 rings (SSSR count). The van der Waals surface area contributed by atoms with Gasteiger partial charge in [0.25, 0.3) is 0 Å². The molecule has 2 atom stereocenters. The van der Waals surface area contributed by atoms with Gasteiger partial charge in [-0.15, -0.1) is 0 Å². The summed E-state index contributed by atoms with van der Waals surface area (Å²) in [5, 5.41) is 12.4. The third kappa shape index (κ3) is 4.03. The molecule has 2 N–H and O–H groups in total. The zero-order valence-electron chi connectivity index (χ0n) is 13.7. The SMILES string of the molecule is CC(C)C1CCCCC1(NC(=O)OCc1ccccc1)C(=O)O. The van der Waals surface area contributed by atoms with Crippen molar-refractivity contribution in [2.24, 2.45) is 11.8 Å². The second-order valence-electron chi connectivity index (χ2n) is 6.56. The van der Waals surface area contributed by atoms with Crippen LogP contribution in [-0.4, -0.2) is 22.7 Å². The maximum atomic E-state index is 12.2. The Morgan fingerprint density at radius 1 is 1.30 bits per heavy atom. The van der Waals surface area contributed by atoms with Crippen molar-refractivity contribution in [1.82, 2.24) is 5.32 Å². The van der Waals surface area contributed by atoms with Gasteiger partial charge in [-0.1, -0.05) is 57.0 Å². The summed E-state index contributed by atoms with van der Waals surface area (Å²) in [5.74, 6) is -0.869. The van der Waals surface area contributed by atoms with E-state index in [1.54, 1.807) is 0 Å². The van der Waals surface area contributed by atoms with Gasteiger partial charge in [0.15, 0.2) is 0 Å². The largest absolute Gasteiger partial charge is 0.479 e. The van der Waals surface area contributed by atoms with Crippen LogP contribution in [0.25, 0.3) is 0 Å². The molecule has 1 saturated carbocycles. The van der Waals surface area contributed by atoms with Crippen LogP contribution in [0.3, 0.4) is 0 Å². The van der Waals surface area contributed by atoms with E-state index in [2.05, 4.69) is 5.32 Å². The summed E-state index contributed by atoms with van der Waals surface area (Å²) in [4.78, 5) is 24.1. The maximum Gasteiger partial charge on any atom is 0.408 e. The molecule has 0 aliphatic heterocycles. The highest BCUT2D eigenvalue weighted by molar-refractivity contribution is 5.85. The molecule has 1 aromatic carbocycles. The first-order chi connectivity index (χ1) is 11.0. The van der Waals surface area contributed by atoms with E-state index in [0.29, 0.717) is 6.42 Å². The van der Waals surface area contributed by atoms with Gasteiger partial charge in [0.2, 0.25) is 0 Å². The van der Waals surface area contributed by atoms with Gasteiger partial charge in [-0.2, -0.15) is 0 Å². The average molecular weight is 319 g/mol. The highest BCUT2D eigenvalue weighted by Gasteiger charge is 2.49. The lowest BCUT2D eigenvalue weighted by Crippen LogP contribution is -2.61. The summed E-state index contributed by atoms with van der Waals surface area (Å²) in [6, 6.07) is 9.34. The minimum absolute atomic E-state index is 0.0852. The number of carbonyl (C=O) groups excluding carboxylic acids is 1. The van der Waals surface area contributed by atoms with E-state index in [9.17, 15) is 14.7 Å². The van der Waals surface area contributed by atoms with Gasteiger partial charge in [-0.3, -0.25) is 0 Å². The smallest absolute Gasteiger partial charge is 0.408 e. The molecule has 1 amide bonds. The predicted octanol–water partition coefficient (Wildman–Crippen LogP) is 3.58. The Morgan fingerprint density at radius 3 is 2.61 bits per heavy atom. The van der Waals surface area contributed by atoms with Crippen molar-refractivity contribution >= 4 is 12.1 Å². The highest BCUT2D eigenvalue weighted by atomic mass is 16.5. The van der Waals surface area contributed by atoms with Gasteiger partial charge in [0.1, 0.15) is 12.1 Å². The van der Waals surface area contributed by atoms with Gasteiger partial charge in [0, 0.05) is 0 Å². The van der Waals surface area contributed by atoms with E-state index >= 15 is 0 Å². The summed E-state index contributed by atoms with van der Waals surface area (Å²) in [6.07, 6.45) is 2.39. The Hall–Kier alpha value is -2.04. The molecule has 0 saturated heterocycles. The van der Waals surface area contributed by atoms with Crippen molar-refractivity contribution in [2.45, 2.75) is 51.7 Å². The van der Waals surface area contributed by atoms with Gasteiger partial charge in [0.05, 0.1) is 0 Å². The molecule has 5 nitrogen and oxygen atoms in total. The van der Waals surface area contributed by atoms with E-state index in [1.807, 2.05) is 44.2 Å². The quantitative estimate of drug-likeness (QED) is 0.869. The number of ether oxygens (including phenoxy) is 1. The molecule has 5 heteroatoms. The second kappa shape index (κ2) is 7.49. The topological polar surface area (TPSA) is 75.6 Å². The fourth-order valence-electron chi connectivity index (χ4n) is 3.52. The number of hydrogen-bond donors (Lipinski definition) is 2. The van der Waals surface area contributed by atoms with E-state index in [-0.39, 0.29) is 18.4 Å². The molecule has 1 aliphatic rings. The van der Waals surface area contributed by atoms with Crippen LogP contribution in [0.4, 0.5) is 4.79 Å². The molecular formula is C18H25NO4. The zero-order chi connectivity index (χ0) is 16.9. The number of nitrogens with one attached hydrogen (secondary N) is 1. The van der Waals surface area contributed by atoms with Crippen molar-refractivity contribution in [3.05, 3.63) is 35.9 Å². The molecule has 126 valence electrons. The van der Waals surface area contributed by atoms with Crippen molar-refractivity contribution in [3.63, 3.8) is 0 Å². The first-order valence-electron chi connectivity index (χ1n) is 8.18. The number of rotatable bonds is 5. The van der Waals surface area contributed by atoms with Crippen LogP contribution in [0.5, 0.6) is 0 Å². The van der Waals surface area contributed by atoms with Crippen LogP contribution >= 0.6 is 0 Å². The van der Waals surface area contributed by atoms with E-state index in [4.69, 9.17) is 4.74 Å². The number of carboxylic acid groups (broad SMARTS) is 1. The fourth-order valence-corrected chi connectivity index (χ4v) is 3.52. The summed E-state index contributed by atoms with van der Waals surface area (Å²) in [5.41, 5.74) is -0.351. The first kappa shape index (κ1) is 17.3. The summed E-state index contributed by atoms with van der Waals surface area (Å²) < 4.78 is 5.22. The van der Waals surface area contributed by atoms with E-state index in [1.165, 1.54) is 0 Å². The summed E-state index contributed by atoms with van der Waals surface area (Å²) in [6.45, 7) is 4.14. The van der Waals surface area contributed by atoms with E-state index < -0.39 is 17.6 Å². The first-order valence-corrected chi connectivity index (χ1v) is 8.18. The Morgan fingerprint density at radius 2 is 2.00 bits per heavy atom. The van der Waals surface area contributed by atoms with Gasteiger partial charge in [-0.25, -0.2) is 9.59 Å². The lowest BCUT2D eigenvalue weighted by Gasteiger charge is -2.43. The monoisotopic (exact) mass is 319 g/mol. The number of hydrogen-bond acceptors (Lipinski definition) is 3. The third-order valence-corrected chi connectivity index (χ3v) is 4.69. The van der Waals surface area contributed by atoms with Crippen LogP contribution in [0, 0.1) is 11.8 Å². The van der Waals surface area contributed by atoms with Crippen molar-refractivity contribution in [2.75, 3.05) is 0 Å². The Balaban J connectivity index is 2.06. The minimum atomic E-state index is -1.22. The molecule has 0 radical (unpaired) electrons. The van der Waals surface area contributed by atoms with E-state index in [0.717, 1.165) is 24.8 Å². The Labute approximate surface area is 137 Å². The molecule has 1 aliphatic carbocycles. The van der Waals surface area contributed by atoms with Crippen LogP contribution in [0.15, 0.2) is 30.3 Å². The molecule has 23 heavy (non-hydrogen) atoms.